The summed E-state index contributed by atoms with van der Waals surface area (Å²) in [7, 11) is 0. The van der Waals surface area contributed by atoms with Crippen LogP contribution in [0.1, 0.15) is 0 Å². The van der Waals surface area contributed by atoms with E-state index in [9.17, 15) is 0 Å². The van der Waals surface area contributed by atoms with E-state index >= 15 is 0 Å². The monoisotopic (exact) mass is 400 g/mol. The van der Waals surface area contributed by atoms with Gasteiger partial charge in [-0.1, -0.05) is 6.07 Å². The molecule has 150 valence electrons. The Morgan fingerprint density at radius 2 is 0.600 bits per heavy atom. The third-order valence-corrected chi connectivity index (χ3v) is 2.40. The van der Waals surface area contributed by atoms with Crippen molar-refractivity contribution in [3.05, 3.63) is 124 Å². The molecular weight excluding hydrogens is 380 g/mol. The van der Waals surface area contributed by atoms with Crippen molar-refractivity contribution in [3.8, 4) is 0 Å². The van der Waals surface area contributed by atoms with E-state index in [0.29, 0.717) is 0 Å². The average molecular weight is 400 g/mol. The van der Waals surface area contributed by atoms with E-state index in [2.05, 4.69) is 50.1 Å². The number of hydrogen-bond acceptors (Lipinski definition) is 10. The Hall–Kier alpha value is -4.60. The van der Waals surface area contributed by atoms with Gasteiger partial charge in [0, 0.05) is 62.0 Å². The van der Waals surface area contributed by atoms with Gasteiger partial charge in [0.05, 0.1) is 0 Å². The van der Waals surface area contributed by atoms with E-state index < -0.39 is 0 Å². The molecule has 0 radical (unpaired) electrons. The highest BCUT2D eigenvalue weighted by molar-refractivity contribution is 4.88. The van der Waals surface area contributed by atoms with Gasteiger partial charge in [-0.15, -0.1) is 0 Å². The fourth-order valence-electron chi connectivity index (χ4n) is 1.28. The van der Waals surface area contributed by atoms with Crippen LogP contribution in [0.4, 0.5) is 0 Å². The van der Waals surface area contributed by atoms with Gasteiger partial charge in [-0.25, -0.2) is 24.9 Å². The third-order valence-electron chi connectivity index (χ3n) is 2.40. The predicted octanol–water partition coefficient (Wildman–Crippen LogP) is 2.38. The van der Waals surface area contributed by atoms with Crippen LogP contribution < -0.4 is 0 Å². The van der Waals surface area contributed by atoms with Crippen LogP contribution in [-0.4, -0.2) is 50.1 Å². The van der Waals surface area contributed by atoms with Crippen molar-refractivity contribution < 1.29 is 0 Å². The summed E-state index contributed by atoms with van der Waals surface area (Å²) in [6, 6.07) is 11.1. The van der Waals surface area contributed by atoms with Gasteiger partial charge in [0.2, 0.25) is 0 Å². The minimum atomic E-state index is 1.44. The maximum Gasteiger partial charge on any atom is 0.119 e. The second-order valence-corrected chi connectivity index (χ2v) is 4.53. The molecule has 5 heterocycles. The largest absolute Gasteiger partial charge is 0.265 e. The second kappa shape index (κ2) is 20.7. The molecule has 0 unspecified atom stereocenters. The van der Waals surface area contributed by atoms with Gasteiger partial charge in [0.25, 0.3) is 0 Å². The lowest BCUT2D eigenvalue weighted by Crippen LogP contribution is -1.73. The van der Waals surface area contributed by atoms with E-state index in [-0.39, 0.29) is 0 Å². The number of rotatable bonds is 0. The molecule has 0 fully saturated rings. The van der Waals surface area contributed by atoms with Crippen molar-refractivity contribution in [3.63, 3.8) is 0 Å². The van der Waals surface area contributed by atoms with Gasteiger partial charge in [-0.2, -0.15) is 10.2 Å². The third kappa shape index (κ3) is 18.2. The minimum Gasteiger partial charge on any atom is -0.265 e. The summed E-state index contributed by atoms with van der Waals surface area (Å²) in [5.41, 5.74) is 0. The first kappa shape index (κ1) is 23.4. The van der Waals surface area contributed by atoms with Gasteiger partial charge in [0.15, 0.2) is 0 Å². The number of nitrogens with zero attached hydrogens (tertiary/aromatic N) is 10. The van der Waals surface area contributed by atoms with Gasteiger partial charge < -0.3 is 0 Å². The van der Waals surface area contributed by atoms with Crippen molar-refractivity contribution in [1.82, 2.24) is 50.1 Å². The smallest absolute Gasteiger partial charge is 0.119 e. The van der Waals surface area contributed by atoms with Crippen LogP contribution >= 0.6 is 0 Å². The van der Waals surface area contributed by atoms with Gasteiger partial charge in [-0.05, 0) is 30.3 Å². The highest BCUT2D eigenvalue weighted by Crippen LogP contribution is 1.73. The molecule has 0 bridgehead atoms. The molecule has 0 saturated carbocycles. The Morgan fingerprint density at radius 1 is 0.233 bits per heavy atom. The quantitative estimate of drug-likeness (QED) is 0.382. The zero-order valence-electron chi connectivity index (χ0n) is 16.0. The summed E-state index contributed by atoms with van der Waals surface area (Å²) in [6.45, 7) is 0. The maximum atomic E-state index is 3.78. The summed E-state index contributed by atoms with van der Waals surface area (Å²) in [5.74, 6) is 0. The first-order chi connectivity index (χ1) is 15.0. The fraction of sp³-hybridized carbons (Fsp3) is 0. The highest BCUT2D eigenvalue weighted by atomic mass is 15.1. The molecule has 0 saturated heterocycles. The van der Waals surface area contributed by atoms with Crippen LogP contribution in [0.25, 0.3) is 0 Å². The number of hydrogen-bond donors (Lipinski definition) is 0. The molecule has 0 aliphatic rings. The van der Waals surface area contributed by atoms with Gasteiger partial charge in [-0.3, -0.25) is 15.0 Å². The highest BCUT2D eigenvalue weighted by Gasteiger charge is 1.61. The van der Waals surface area contributed by atoms with E-state index in [4.69, 9.17) is 0 Å². The van der Waals surface area contributed by atoms with Gasteiger partial charge >= 0.3 is 0 Å². The maximum absolute atomic E-state index is 3.78. The molecule has 10 nitrogen and oxygen atoms in total. The Morgan fingerprint density at radius 3 is 0.767 bits per heavy atom. The van der Waals surface area contributed by atoms with E-state index in [1.165, 1.54) is 25.3 Å². The normalized spacial score (nSPS) is 8.00. The SMILES string of the molecule is c1ccncc1.c1ccnnc1.c1cnccn1.c1cncnc1.c1ncncn1. The molecule has 5 rings (SSSR count). The average Bonchev–Trinajstić information content (AvgIpc) is 2.91. The van der Waals surface area contributed by atoms with Crippen LogP contribution in [0.5, 0.6) is 0 Å². The molecular formula is C20H20N10. The zero-order valence-corrected chi connectivity index (χ0v) is 16.0. The molecule has 5 aromatic heterocycles. The van der Waals surface area contributed by atoms with Gasteiger partial charge in [0.1, 0.15) is 25.3 Å². The predicted molar refractivity (Wildman–Crippen MR) is 110 cm³/mol. The van der Waals surface area contributed by atoms with Crippen molar-refractivity contribution in [2.45, 2.75) is 0 Å². The van der Waals surface area contributed by atoms with Crippen molar-refractivity contribution in [1.29, 1.82) is 0 Å². The van der Waals surface area contributed by atoms with E-state index in [0.717, 1.165) is 0 Å². The van der Waals surface area contributed by atoms with Crippen LogP contribution in [0, 0.1) is 0 Å². The van der Waals surface area contributed by atoms with Crippen LogP contribution in [0.15, 0.2) is 124 Å². The molecule has 0 aromatic carbocycles. The molecule has 0 aliphatic heterocycles. The topological polar surface area (TPSA) is 129 Å². The Labute approximate surface area is 174 Å². The lowest BCUT2D eigenvalue weighted by atomic mass is 10.5. The fourth-order valence-corrected chi connectivity index (χ4v) is 1.28. The summed E-state index contributed by atoms with van der Waals surface area (Å²) in [4.78, 5) is 29.3. The lowest BCUT2D eigenvalue weighted by Gasteiger charge is -1.70. The van der Waals surface area contributed by atoms with Crippen LogP contribution in [0.3, 0.4) is 0 Å². The molecule has 0 spiro atoms. The van der Waals surface area contributed by atoms with E-state index in [1.54, 1.807) is 68.0 Å². The molecule has 0 atom stereocenters. The van der Waals surface area contributed by atoms with E-state index in [1.807, 2.05) is 30.3 Å². The summed E-state index contributed by atoms with van der Waals surface area (Å²) < 4.78 is 0. The van der Waals surface area contributed by atoms with Crippen molar-refractivity contribution >= 4 is 0 Å². The molecule has 0 aliphatic carbocycles. The van der Waals surface area contributed by atoms with Crippen molar-refractivity contribution in [2.75, 3.05) is 0 Å². The Kier molecular flexibility index (Phi) is 16.2. The Balaban J connectivity index is 0.000000187. The molecule has 0 amide bonds. The number of aromatic nitrogens is 10. The van der Waals surface area contributed by atoms with Crippen LogP contribution in [0.2, 0.25) is 0 Å². The van der Waals surface area contributed by atoms with Crippen LogP contribution in [-0.2, 0) is 0 Å². The molecule has 0 N–H and O–H groups in total. The summed E-state index contributed by atoms with van der Waals surface area (Å²) in [6.07, 6.45) is 22.5. The molecule has 30 heavy (non-hydrogen) atoms. The number of pyridine rings is 1. The Bertz CT molecular complexity index is 570. The standard InChI is InChI=1S/C5H5N.3C4H4N2.C3H3N3/c1-2-4-6-5-3-1;1-2-6-4-3-5-1;1-2-5-4-6-3-1;1-2-4-6-5-3-1;1-4-2-6-3-5-1/h1-5H;3*1-4H;1-3H. The zero-order chi connectivity index (χ0) is 21.2. The van der Waals surface area contributed by atoms with Crippen molar-refractivity contribution in [2.24, 2.45) is 0 Å². The first-order valence-corrected chi connectivity index (χ1v) is 8.51. The first-order valence-electron chi connectivity index (χ1n) is 8.51. The second-order valence-electron chi connectivity index (χ2n) is 4.53. The summed E-state index contributed by atoms with van der Waals surface area (Å²) in [5, 5.41) is 7.07. The summed E-state index contributed by atoms with van der Waals surface area (Å²) >= 11 is 0. The molecule has 10 heteroatoms. The minimum absolute atomic E-state index is 1.44. The lowest BCUT2D eigenvalue weighted by molar-refractivity contribution is 1.03. The molecule has 5 aromatic rings.